The van der Waals surface area contributed by atoms with Crippen molar-refractivity contribution in [1.82, 2.24) is 5.32 Å². The van der Waals surface area contributed by atoms with Gasteiger partial charge in [0.25, 0.3) is 0 Å². The predicted octanol–water partition coefficient (Wildman–Crippen LogP) is -0.862. The number of nitrogens with one attached hydrogen (secondary N) is 1. The van der Waals surface area contributed by atoms with E-state index in [-0.39, 0.29) is 6.54 Å². The lowest BCUT2D eigenvalue weighted by Gasteiger charge is -2.05. The van der Waals surface area contributed by atoms with Crippen LogP contribution >= 0.6 is 0 Å². The van der Waals surface area contributed by atoms with Gasteiger partial charge in [0, 0.05) is 0 Å². The van der Waals surface area contributed by atoms with Gasteiger partial charge in [-0.2, -0.15) is 5.26 Å². The van der Waals surface area contributed by atoms with Crippen molar-refractivity contribution in [3.05, 3.63) is 0 Å². The van der Waals surface area contributed by atoms with Crippen LogP contribution in [0, 0.1) is 17.2 Å². The molecule has 0 aliphatic rings. The third-order valence-corrected chi connectivity index (χ3v) is 1.32. The SMILES string of the molecule is CCC(C#N)C(=O)NCC(N)=O. The van der Waals surface area contributed by atoms with Gasteiger partial charge in [0.2, 0.25) is 11.8 Å². The summed E-state index contributed by atoms with van der Waals surface area (Å²) in [5.41, 5.74) is 4.79. The van der Waals surface area contributed by atoms with Crippen molar-refractivity contribution in [3.63, 3.8) is 0 Å². The van der Waals surface area contributed by atoms with Gasteiger partial charge in [-0.3, -0.25) is 9.59 Å². The van der Waals surface area contributed by atoms with Crippen LogP contribution in [0.4, 0.5) is 0 Å². The van der Waals surface area contributed by atoms with E-state index < -0.39 is 17.7 Å². The Morgan fingerprint density at radius 3 is 2.58 bits per heavy atom. The van der Waals surface area contributed by atoms with Crippen molar-refractivity contribution in [2.75, 3.05) is 6.54 Å². The van der Waals surface area contributed by atoms with Crippen LogP contribution < -0.4 is 11.1 Å². The monoisotopic (exact) mass is 169 g/mol. The van der Waals surface area contributed by atoms with Crippen molar-refractivity contribution >= 4 is 11.8 Å². The van der Waals surface area contributed by atoms with Crippen LogP contribution in [-0.4, -0.2) is 18.4 Å². The zero-order chi connectivity index (χ0) is 9.56. The molecule has 0 aliphatic heterocycles. The van der Waals surface area contributed by atoms with Crippen molar-refractivity contribution < 1.29 is 9.59 Å². The first-order chi connectivity index (χ1) is 5.61. The van der Waals surface area contributed by atoms with Crippen molar-refractivity contribution in [2.45, 2.75) is 13.3 Å². The van der Waals surface area contributed by atoms with Gasteiger partial charge >= 0.3 is 0 Å². The molecule has 0 saturated carbocycles. The van der Waals surface area contributed by atoms with Crippen LogP contribution in [-0.2, 0) is 9.59 Å². The standard InChI is InChI=1S/C7H11N3O2/c1-2-5(3-8)7(12)10-4-6(9)11/h5H,2,4H2,1H3,(H2,9,11)(H,10,12). The molecule has 0 saturated heterocycles. The van der Waals surface area contributed by atoms with E-state index in [4.69, 9.17) is 11.0 Å². The van der Waals surface area contributed by atoms with Gasteiger partial charge in [-0.15, -0.1) is 0 Å². The Hall–Kier alpha value is -1.57. The molecule has 0 aromatic heterocycles. The number of nitriles is 1. The summed E-state index contributed by atoms with van der Waals surface area (Å²) in [6, 6.07) is 1.81. The largest absolute Gasteiger partial charge is 0.368 e. The summed E-state index contributed by atoms with van der Waals surface area (Å²) in [6.07, 6.45) is 0.432. The maximum Gasteiger partial charge on any atom is 0.237 e. The highest BCUT2D eigenvalue weighted by atomic mass is 16.2. The third kappa shape index (κ3) is 3.56. The summed E-state index contributed by atoms with van der Waals surface area (Å²) in [4.78, 5) is 21.2. The molecule has 3 N–H and O–H groups in total. The van der Waals surface area contributed by atoms with Crippen LogP contribution in [0.3, 0.4) is 0 Å². The molecule has 1 atom stereocenters. The van der Waals surface area contributed by atoms with Gasteiger partial charge in [-0.25, -0.2) is 0 Å². The summed E-state index contributed by atoms with van der Waals surface area (Å²) in [7, 11) is 0. The van der Waals surface area contributed by atoms with Crippen LogP contribution in [0.15, 0.2) is 0 Å². The Morgan fingerprint density at radius 1 is 1.67 bits per heavy atom. The fourth-order valence-corrected chi connectivity index (χ4v) is 0.633. The fraction of sp³-hybridized carbons (Fsp3) is 0.571. The normalized spacial score (nSPS) is 11.3. The molecule has 0 radical (unpaired) electrons. The first kappa shape index (κ1) is 10.4. The minimum absolute atomic E-state index is 0.211. The molecule has 0 bridgehead atoms. The number of nitrogens with zero attached hydrogens (tertiary/aromatic N) is 1. The Bertz CT molecular complexity index is 219. The van der Waals surface area contributed by atoms with E-state index in [2.05, 4.69) is 5.32 Å². The van der Waals surface area contributed by atoms with Gasteiger partial charge in [0.05, 0.1) is 12.6 Å². The summed E-state index contributed by atoms with van der Waals surface area (Å²) < 4.78 is 0. The van der Waals surface area contributed by atoms with Crippen molar-refractivity contribution in [1.29, 1.82) is 5.26 Å². The molecular formula is C7H11N3O2. The van der Waals surface area contributed by atoms with E-state index in [0.717, 1.165) is 0 Å². The third-order valence-electron chi connectivity index (χ3n) is 1.32. The van der Waals surface area contributed by atoms with Crippen LogP contribution in [0.2, 0.25) is 0 Å². The molecule has 0 aliphatic carbocycles. The zero-order valence-corrected chi connectivity index (χ0v) is 6.83. The maximum atomic E-state index is 11.0. The zero-order valence-electron chi connectivity index (χ0n) is 6.83. The summed E-state index contributed by atoms with van der Waals surface area (Å²) in [5, 5.41) is 10.7. The molecule has 0 aromatic carbocycles. The van der Waals surface area contributed by atoms with Crippen molar-refractivity contribution in [3.8, 4) is 6.07 Å². The number of carbonyl (C=O) groups is 2. The lowest BCUT2D eigenvalue weighted by atomic mass is 10.1. The lowest BCUT2D eigenvalue weighted by molar-refractivity contribution is -0.126. The van der Waals surface area contributed by atoms with E-state index in [1.54, 1.807) is 6.92 Å². The van der Waals surface area contributed by atoms with Crippen LogP contribution in [0.5, 0.6) is 0 Å². The Kier molecular flexibility index (Phi) is 4.46. The molecule has 0 heterocycles. The Labute approximate surface area is 70.5 Å². The minimum atomic E-state index is -0.690. The first-order valence-corrected chi connectivity index (χ1v) is 3.57. The minimum Gasteiger partial charge on any atom is -0.368 e. The van der Waals surface area contributed by atoms with Crippen LogP contribution in [0.25, 0.3) is 0 Å². The summed E-state index contributed by atoms with van der Waals surface area (Å²) in [6.45, 7) is 1.51. The lowest BCUT2D eigenvalue weighted by Crippen LogP contribution is -2.36. The highest BCUT2D eigenvalue weighted by Gasteiger charge is 2.14. The number of amides is 2. The molecule has 5 heteroatoms. The van der Waals surface area contributed by atoms with E-state index in [9.17, 15) is 9.59 Å². The highest BCUT2D eigenvalue weighted by molar-refractivity contribution is 5.86. The summed E-state index contributed by atoms with van der Waals surface area (Å²) >= 11 is 0. The number of carbonyl (C=O) groups excluding carboxylic acids is 2. The number of rotatable bonds is 4. The van der Waals surface area contributed by atoms with Gasteiger partial charge < -0.3 is 11.1 Å². The van der Waals surface area contributed by atoms with E-state index in [1.807, 2.05) is 6.07 Å². The van der Waals surface area contributed by atoms with Gasteiger partial charge in [0.1, 0.15) is 5.92 Å². The van der Waals surface area contributed by atoms with E-state index >= 15 is 0 Å². The second-order valence-corrected chi connectivity index (χ2v) is 2.27. The topological polar surface area (TPSA) is 96.0 Å². The predicted molar refractivity (Wildman–Crippen MR) is 41.6 cm³/mol. The summed E-state index contributed by atoms with van der Waals surface area (Å²) in [5.74, 6) is -1.75. The van der Waals surface area contributed by atoms with Gasteiger partial charge in [-0.1, -0.05) is 6.92 Å². The molecule has 0 spiro atoms. The number of nitrogens with two attached hydrogens (primary N) is 1. The number of primary amides is 1. The number of hydrogen-bond donors (Lipinski definition) is 2. The molecule has 66 valence electrons. The van der Waals surface area contributed by atoms with E-state index in [1.165, 1.54) is 0 Å². The Balaban J connectivity index is 3.87. The van der Waals surface area contributed by atoms with Crippen LogP contribution in [0.1, 0.15) is 13.3 Å². The molecule has 1 unspecified atom stereocenters. The maximum absolute atomic E-state index is 11.0. The first-order valence-electron chi connectivity index (χ1n) is 3.57. The molecule has 5 nitrogen and oxygen atoms in total. The number of hydrogen-bond acceptors (Lipinski definition) is 3. The van der Waals surface area contributed by atoms with Gasteiger partial charge in [-0.05, 0) is 6.42 Å². The second-order valence-electron chi connectivity index (χ2n) is 2.27. The highest BCUT2D eigenvalue weighted by Crippen LogP contribution is 1.98. The second kappa shape index (κ2) is 5.13. The molecule has 0 aromatic rings. The molecule has 2 amide bonds. The average molecular weight is 169 g/mol. The fourth-order valence-electron chi connectivity index (χ4n) is 0.633. The molecule has 0 fully saturated rings. The molecule has 12 heavy (non-hydrogen) atoms. The Morgan fingerprint density at radius 2 is 2.25 bits per heavy atom. The van der Waals surface area contributed by atoms with Gasteiger partial charge in [0.15, 0.2) is 0 Å². The average Bonchev–Trinajstić information content (AvgIpc) is 2.03. The quantitative estimate of drug-likeness (QED) is 0.573. The van der Waals surface area contributed by atoms with E-state index in [0.29, 0.717) is 6.42 Å². The van der Waals surface area contributed by atoms with Crippen molar-refractivity contribution in [2.24, 2.45) is 11.7 Å². The smallest absolute Gasteiger partial charge is 0.237 e. The molecular weight excluding hydrogens is 158 g/mol. The molecule has 0 rings (SSSR count).